The third-order valence-electron chi connectivity index (χ3n) is 3.15. The van der Waals surface area contributed by atoms with Crippen LogP contribution in [0.2, 0.25) is 5.02 Å². The molecule has 0 aliphatic rings. The zero-order valence-corrected chi connectivity index (χ0v) is 13.1. The van der Waals surface area contributed by atoms with Gasteiger partial charge in [0.05, 0.1) is 0 Å². The number of hydrogen-bond acceptors (Lipinski definition) is 3. The predicted molar refractivity (Wildman–Crippen MR) is 81.9 cm³/mol. The first kappa shape index (κ1) is 17.5. The van der Waals surface area contributed by atoms with E-state index < -0.39 is 6.04 Å². The maximum absolute atomic E-state index is 12.0. The van der Waals surface area contributed by atoms with Crippen molar-refractivity contribution in [3.05, 3.63) is 34.9 Å². The highest BCUT2D eigenvalue weighted by Crippen LogP contribution is 2.13. The van der Waals surface area contributed by atoms with Gasteiger partial charge in [-0.2, -0.15) is 0 Å². The van der Waals surface area contributed by atoms with Crippen LogP contribution >= 0.6 is 11.6 Å². The van der Waals surface area contributed by atoms with Crippen molar-refractivity contribution in [2.75, 3.05) is 13.2 Å². The minimum atomic E-state index is -0.572. The fourth-order valence-corrected chi connectivity index (χ4v) is 2.01. The Kier molecular flexibility index (Phi) is 7.19. The summed E-state index contributed by atoms with van der Waals surface area (Å²) in [5.74, 6) is -0.401. The van der Waals surface area contributed by atoms with Gasteiger partial charge in [0.2, 0.25) is 11.8 Å². The molecule has 1 aromatic carbocycles. The smallest absolute Gasteiger partial charge is 0.242 e. The van der Waals surface area contributed by atoms with Gasteiger partial charge in [-0.15, -0.1) is 0 Å². The molecule has 1 unspecified atom stereocenters. The van der Waals surface area contributed by atoms with Gasteiger partial charge in [0.1, 0.15) is 6.04 Å². The number of carbonyl (C=O) groups is 2. The molecule has 0 aliphatic heterocycles. The predicted octanol–water partition coefficient (Wildman–Crippen LogP) is 1.58. The van der Waals surface area contributed by atoms with Crippen LogP contribution in [-0.4, -0.2) is 41.0 Å². The number of benzene rings is 1. The first-order valence-corrected chi connectivity index (χ1v) is 7.23. The fourth-order valence-electron chi connectivity index (χ4n) is 1.89. The third kappa shape index (κ3) is 5.73. The summed E-state index contributed by atoms with van der Waals surface area (Å²) in [6.07, 6.45) is 0.496. The molecule has 116 valence electrons. The Hall–Kier alpha value is -1.59. The molecule has 0 spiro atoms. The number of amides is 2. The average Bonchev–Trinajstić information content (AvgIpc) is 2.45. The molecule has 2 amide bonds. The maximum atomic E-state index is 12.0. The Morgan fingerprint density at radius 1 is 1.33 bits per heavy atom. The van der Waals surface area contributed by atoms with Crippen molar-refractivity contribution in [3.63, 3.8) is 0 Å². The van der Waals surface area contributed by atoms with E-state index in [4.69, 9.17) is 16.7 Å². The number of halogens is 1. The summed E-state index contributed by atoms with van der Waals surface area (Å²) in [5, 5.41) is 12.0. The first-order valence-electron chi connectivity index (χ1n) is 6.86. The molecule has 5 nitrogen and oxygen atoms in total. The van der Waals surface area contributed by atoms with Gasteiger partial charge in [0.25, 0.3) is 0 Å². The largest absolute Gasteiger partial charge is 0.396 e. The van der Waals surface area contributed by atoms with Gasteiger partial charge in [-0.3, -0.25) is 9.59 Å². The van der Waals surface area contributed by atoms with Crippen molar-refractivity contribution < 1.29 is 14.7 Å². The molecule has 0 aliphatic carbocycles. The van der Waals surface area contributed by atoms with Gasteiger partial charge >= 0.3 is 0 Å². The van der Waals surface area contributed by atoms with Crippen molar-refractivity contribution in [3.8, 4) is 0 Å². The lowest BCUT2D eigenvalue weighted by atomic mass is 10.1. The Balaban J connectivity index is 2.69. The standard InChI is InChI=1S/C15H21ClN2O3/c1-11(15(21)17-8-3-9-19)18(12(2)20)10-13-4-6-14(16)7-5-13/h4-7,11,19H,3,8-10H2,1-2H3,(H,17,21). The Bertz CT molecular complexity index is 476. The van der Waals surface area contributed by atoms with Crippen LogP contribution in [0.1, 0.15) is 25.8 Å². The molecule has 0 saturated heterocycles. The number of carbonyl (C=O) groups excluding carboxylic acids is 2. The lowest BCUT2D eigenvalue weighted by molar-refractivity contribution is -0.139. The molecule has 1 atom stereocenters. The van der Waals surface area contributed by atoms with Crippen LogP contribution < -0.4 is 5.32 Å². The summed E-state index contributed by atoms with van der Waals surface area (Å²) in [7, 11) is 0. The fraction of sp³-hybridized carbons (Fsp3) is 0.467. The van der Waals surface area contributed by atoms with E-state index in [0.29, 0.717) is 24.5 Å². The Morgan fingerprint density at radius 3 is 2.48 bits per heavy atom. The second kappa shape index (κ2) is 8.64. The molecule has 0 bridgehead atoms. The van der Waals surface area contributed by atoms with E-state index in [-0.39, 0.29) is 18.4 Å². The topological polar surface area (TPSA) is 69.6 Å². The number of rotatable bonds is 7. The second-order valence-electron chi connectivity index (χ2n) is 4.82. The van der Waals surface area contributed by atoms with E-state index in [9.17, 15) is 9.59 Å². The van der Waals surface area contributed by atoms with Crippen molar-refractivity contribution >= 4 is 23.4 Å². The zero-order chi connectivity index (χ0) is 15.8. The van der Waals surface area contributed by atoms with Crippen molar-refractivity contribution in [1.29, 1.82) is 0 Å². The van der Waals surface area contributed by atoms with Gasteiger partial charge in [-0.25, -0.2) is 0 Å². The van der Waals surface area contributed by atoms with Gasteiger partial charge < -0.3 is 15.3 Å². The van der Waals surface area contributed by atoms with Gasteiger partial charge in [0.15, 0.2) is 0 Å². The van der Waals surface area contributed by atoms with E-state index in [2.05, 4.69) is 5.32 Å². The molecule has 0 saturated carbocycles. The monoisotopic (exact) mass is 312 g/mol. The molecule has 1 aromatic rings. The summed E-state index contributed by atoms with van der Waals surface area (Å²) >= 11 is 5.83. The van der Waals surface area contributed by atoms with E-state index in [1.807, 2.05) is 12.1 Å². The molecule has 0 fully saturated rings. The van der Waals surface area contributed by atoms with E-state index >= 15 is 0 Å². The summed E-state index contributed by atoms with van der Waals surface area (Å²) in [6, 6.07) is 6.59. The molecule has 6 heteroatoms. The normalized spacial score (nSPS) is 11.8. The highest BCUT2D eigenvalue weighted by molar-refractivity contribution is 6.30. The summed E-state index contributed by atoms with van der Waals surface area (Å²) in [6.45, 7) is 3.89. The number of hydrogen-bond donors (Lipinski definition) is 2. The van der Waals surface area contributed by atoms with E-state index in [1.165, 1.54) is 11.8 Å². The minimum Gasteiger partial charge on any atom is -0.396 e. The SMILES string of the molecule is CC(=O)N(Cc1ccc(Cl)cc1)C(C)C(=O)NCCCO. The van der Waals surface area contributed by atoms with E-state index in [1.54, 1.807) is 19.1 Å². The highest BCUT2D eigenvalue weighted by atomic mass is 35.5. The molecule has 0 aromatic heterocycles. The van der Waals surface area contributed by atoms with Gasteiger partial charge in [-0.05, 0) is 31.0 Å². The molecule has 2 N–H and O–H groups in total. The minimum absolute atomic E-state index is 0.0237. The van der Waals surface area contributed by atoms with E-state index in [0.717, 1.165) is 5.56 Å². The van der Waals surface area contributed by atoms with Crippen LogP contribution in [0, 0.1) is 0 Å². The molecule has 21 heavy (non-hydrogen) atoms. The summed E-state index contributed by atoms with van der Waals surface area (Å²) in [4.78, 5) is 25.3. The number of aliphatic hydroxyl groups excluding tert-OH is 1. The number of nitrogens with zero attached hydrogens (tertiary/aromatic N) is 1. The van der Waals surface area contributed by atoms with Crippen LogP contribution in [-0.2, 0) is 16.1 Å². The van der Waals surface area contributed by atoms with Crippen molar-refractivity contribution in [2.45, 2.75) is 32.9 Å². The van der Waals surface area contributed by atoms with Crippen LogP contribution in [0.3, 0.4) is 0 Å². The van der Waals surface area contributed by atoms with Crippen LogP contribution in [0.25, 0.3) is 0 Å². The van der Waals surface area contributed by atoms with Crippen LogP contribution in [0.15, 0.2) is 24.3 Å². The lowest BCUT2D eigenvalue weighted by Gasteiger charge is -2.27. The molecule has 0 heterocycles. The average molecular weight is 313 g/mol. The molecular weight excluding hydrogens is 292 g/mol. The van der Waals surface area contributed by atoms with Crippen molar-refractivity contribution in [2.24, 2.45) is 0 Å². The summed E-state index contributed by atoms with van der Waals surface area (Å²) < 4.78 is 0. The van der Waals surface area contributed by atoms with Gasteiger partial charge in [-0.1, -0.05) is 23.7 Å². The van der Waals surface area contributed by atoms with Crippen molar-refractivity contribution in [1.82, 2.24) is 10.2 Å². The molecular formula is C15H21ClN2O3. The molecule has 1 rings (SSSR count). The summed E-state index contributed by atoms with van der Waals surface area (Å²) in [5.41, 5.74) is 0.907. The Morgan fingerprint density at radius 2 is 1.95 bits per heavy atom. The van der Waals surface area contributed by atoms with Crippen LogP contribution in [0.5, 0.6) is 0 Å². The zero-order valence-electron chi connectivity index (χ0n) is 12.3. The van der Waals surface area contributed by atoms with Gasteiger partial charge in [0, 0.05) is 31.6 Å². The van der Waals surface area contributed by atoms with Crippen LogP contribution in [0.4, 0.5) is 0 Å². The quantitative estimate of drug-likeness (QED) is 0.751. The number of aliphatic hydroxyl groups is 1. The third-order valence-corrected chi connectivity index (χ3v) is 3.40. The Labute approximate surface area is 129 Å². The highest BCUT2D eigenvalue weighted by Gasteiger charge is 2.23. The number of nitrogens with one attached hydrogen (secondary N) is 1. The lowest BCUT2D eigenvalue weighted by Crippen LogP contribution is -2.47. The maximum Gasteiger partial charge on any atom is 0.242 e. The first-order chi connectivity index (χ1) is 9.95. The molecule has 0 radical (unpaired) electrons. The second-order valence-corrected chi connectivity index (χ2v) is 5.25.